The molecule has 0 saturated carbocycles. The molecule has 0 bridgehead atoms. The second kappa shape index (κ2) is 6.37. The zero-order chi connectivity index (χ0) is 15.4. The van der Waals surface area contributed by atoms with Gasteiger partial charge in [-0.3, -0.25) is 4.79 Å². The van der Waals surface area contributed by atoms with Crippen LogP contribution in [0.1, 0.15) is 10.4 Å². The Morgan fingerprint density at radius 2 is 1.55 bits per heavy atom. The number of halogens is 1. The van der Waals surface area contributed by atoms with Crippen LogP contribution in [0.2, 0.25) is 5.02 Å². The Labute approximate surface area is 132 Å². The number of aromatic nitrogens is 2. The van der Waals surface area contributed by atoms with Gasteiger partial charge in [0.15, 0.2) is 5.82 Å². The van der Waals surface area contributed by atoms with Gasteiger partial charge in [-0.2, -0.15) is 0 Å². The van der Waals surface area contributed by atoms with Gasteiger partial charge in [-0.1, -0.05) is 41.9 Å². The summed E-state index contributed by atoms with van der Waals surface area (Å²) in [5, 5.41) is 3.34. The van der Waals surface area contributed by atoms with E-state index in [1.807, 2.05) is 30.3 Å². The average Bonchev–Trinajstić information content (AvgIpc) is 2.57. The summed E-state index contributed by atoms with van der Waals surface area (Å²) in [6.45, 7) is 0. The molecule has 1 heterocycles. The van der Waals surface area contributed by atoms with Crippen LogP contribution in [0, 0.1) is 0 Å². The molecule has 1 amide bonds. The fourth-order valence-electron chi connectivity index (χ4n) is 1.93. The molecule has 1 aromatic heterocycles. The maximum Gasteiger partial charge on any atom is 0.255 e. The topological polar surface area (TPSA) is 54.9 Å². The Kier molecular flexibility index (Phi) is 4.12. The summed E-state index contributed by atoms with van der Waals surface area (Å²) in [5.41, 5.74) is 1.99. The van der Waals surface area contributed by atoms with Crippen molar-refractivity contribution in [2.75, 3.05) is 5.32 Å². The van der Waals surface area contributed by atoms with Gasteiger partial charge in [0.05, 0.1) is 18.1 Å². The molecule has 2 aromatic carbocycles. The molecule has 0 aliphatic rings. The van der Waals surface area contributed by atoms with E-state index in [1.165, 1.54) is 0 Å². The quantitative estimate of drug-likeness (QED) is 0.794. The van der Waals surface area contributed by atoms with Crippen molar-refractivity contribution in [3.8, 4) is 11.4 Å². The first kappa shape index (κ1) is 14.2. The number of benzene rings is 2. The zero-order valence-corrected chi connectivity index (χ0v) is 12.3. The lowest BCUT2D eigenvalue weighted by Crippen LogP contribution is -2.12. The molecule has 0 aliphatic carbocycles. The molecular formula is C17H12ClN3O. The third kappa shape index (κ3) is 3.30. The maximum absolute atomic E-state index is 12.1. The highest BCUT2D eigenvalue weighted by Gasteiger charge is 2.07. The van der Waals surface area contributed by atoms with Crippen molar-refractivity contribution in [2.45, 2.75) is 0 Å². The van der Waals surface area contributed by atoms with Gasteiger partial charge in [0, 0.05) is 16.1 Å². The lowest BCUT2D eigenvalue weighted by atomic mass is 10.2. The molecule has 0 unspecified atom stereocenters. The third-order valence-electron chi connectivity index (χ3n) is 3.05. The minimum atomic E-state index is -0.229. The Hall–Kier alpha value is -2.72. The van der Waals surface area contributed by atoms with E-state index in [0.29, 0.717) is 22.1 Å². The number of hydrogen-bond donors (Lipinski definition) is 1. The molecule has 1 N–H and O–H groups in total. The molecular weight excluding hydrogens is 298 g/mol. The number of hydrogen-bond acceptors (Lipinski definition) is 3. The lowest BCUT2D eigenvalue weighted by Gasteiger charge is -2.05. The number of rotatable bonds is 3. The molecule has 0 aliphatic heterocycles. The lowest BCUT2D eigenvalue weighted by molar-refractivity contribution is 0.102. The summed E-state index contributed by atoms with van der Waals surface area (Å²) < 4.78 is 0. The number of carbonyl (C=O) groups is 1. The van der Waals surface area contributed by atoms with Gasteiger partial charge in [-0.25, -0.2) is 9.97 Å². The van der Waals surface area contributed by atoms with Gasteiger partial charge in [-0.15, -0.1) is 0 Å². The highest BCUT2D eigenvalue weighted by molar-refractivity contribution is 6.30. The standard InChI is InChI=1S/C17H12ClN3O/c18-14-8-6-13(7-9-14)17(22)21-15-10-19-16(20-11-15)12-4-2-1-3-5-12/h1-11H,(H,21,22). The van der Waals surface area contributed by atoms with E-state index in [1.54, 1.807) is 36.7 Å². The van der Waals surface area contributed by atoms with E-state index >= 15 is 0 Å². The highest BCUT2D eigenvalue weighted by atomic mass is 35.5. The number of anilines is 1. The van der Waals surface area contributed by atoms with E-state index in [9.17, 15) is 4.79 Å². The van der Waals surface area contributed by atoms with Crippen LogP contribution in [0.5, 0.6) is 0 Å². The van der Waals surface area contributed by atoms with Crippen LogP contribution in [0.25, 0.3) is 11.4 Å². The molecule has 0 atom stereocenters. The summed E-state index contributed by atoms with van der Waals surface area (Å²) in [6, 6.07) is 16.3. The van der Waals surface area contributed by atoms with Crippen molar-refractivity contribution in [1.82, 2.24) is 9.97 Å². The maximum atomic E-state index is 12.1. The number of nitrogens with one attached hydrogen (secondary N) is 1. The van der Waals surface area contributed by atoms with Crippen molar-refractivity contribution >= 4 is 23.2 Å². The van der Waals surface area contributed by atoms with E-state index < -0.39 is 0 Å². The van der Waals surface area contributed by atoms with Crippen LogP contribution in [-0.2, 0) is 0 Å². The summed E-state index contributed by atoms with van der Waals surface area (Å²) >= 11 is 5.80. The molecule has 3 aromatic rings. The van der Waals surface area contributed by atoms with Gasteiger partial charge in [0.1, 0.15) is 0 Å². The second-order valence-electron chi connectivity index (χ2n) is 4.62. The van der Waals surface area contributed by atoms with E-state index in [2.05, 4.69) is 15.3 Å². The normalized spacial score (nSPS) is 10.2. The summed E-state index contributed by atoms with van der Waals surface area (Å²) in [4.78, 5) is 20.6. The smallest absolute Gasteiger partial charge is 0.255 e. The Bertz CT molecular complexity index is 771. The van der Waals surface area contributed by atoms with Crippen LogP contribution >= 0.6 is 11.6 Å². The van der Waals surface area contributed by atoms with E-state index in [0.717, 1.165) is 5.56 Å². The summed E-state index contributed by atoms with van der Waals surface area (Å²) in [6.07, 6.45) is 3.17. The summed E-state index contributed by atoms with van der Waals surface area (Å²) in [7, 11) is 0. The minimum Gasteiger partial charge on any atom is -0.319 e. The van der Waals surface area contributed by atoms with Crippen molar-refractivity contribution in [3.05, 3.63) is 77.6 Å². The van der Waals surface area contributed by atoms with Crippen LogP contribution in [0.15, 0.2) is 67.0 Å². The highest BCUT2D eigenvalue weighted by Crippen LogP contribution is 2.16. The fourth-order valence-corrected chi connectivity index (χ4v) is 2.06. The number of carbonyl (C=O) groups excluding carboxylic acids is 1. The Balaban J connectivity index is 1.73. The molecule has 0 radical (unpaired) electrons. The third-order valence-corrected chi connectivity index (χ3v) is 3.30. The molecule has 0 spiro atoms. The fraction of sp³-hybridized carbons (Fsp3) is 0. The van der Waals surface area contributed by atoms with Crippen molar-refractivity contribution in [2.24, 2.45) is 0 Å². The molecule has 5 heteroatoms. The van der Waals surface area contributed by atoms with Gasteiger partial charge in [0.2, 0.25) is 0 Å². The van der Waals surface area contributed by atoms with Crippen LogP contribution in [0.3, 0.4) is 0 Å². The van der Waals surface area contributed by atoms with Gasteiger partial charge >= 0.3 is 0 Å². The first-order valence-corrected chi connectivity index (χ1v) is 7.04. The van der Waals surface area contributed by atoms with Gasteiger partial charge in [-0.05, 0) is 24.3 Å². The van der Waals surface area contributed by atoms with Crippen LogP contribution in [0.4, 0.5) is 5.69 Å². The second-order valence-corrected chi connectivity index (χ2v) is 5.06. The largest absolute Gasteiger partial charge is 0.319 e. The predicted octanol–water partition coefficient (Wildman–Crippen LogP) is 4.05. The molecule has 108 valence electrons. The molecule has 0 saturated heterocycles. The van der Waals surface area contributed by atoms with Gasteiger partial charge in [0.25, 0.3) is 5.91 Å². The van der Waals surface area contributed by atoms with Crippen molar-refractivity contribution in [3.63, 3.8) is 0 Å². The predicted molar refractivity (Wildman–Crippen MR) is 86.9 cm³/mol. The van der Waals surface area contributed by atoms with Crippen molar-refractivity contribution in [1.29, 1.82) is 0 Å². The number of amides is 1. The first-order valence-electron chi connectivity index (χ1n) is 6.67. The molecule has 3 rings (SSSR count). The molecule has 4 nitrogen and oxygen atoms in total. The summed E-state index contributed by atoms with van der Waals surface area (Å²) in [5.74, 6) is 0.387. The van der Waals surface area contributed by atoms with Crippen LogP contribution in [-0.4, -0.2) is 15.9 Å². The van der Waals surface area contributed by atoms with E-state index in [-0.39, 0.29) is 5.91 Å². The average molecular weight is 310 g/mol. The zero-order valence-electron chi connectivity index (χ0n) is 11.5. The minimum absolute atomic E-state index is 0.229. The Morgan fingerprint density at radius 3 is 2.18 bits per heavy atom. The first-order chi connectivity index (χ1) is 10.7. The van der Waals surface area contributed by atoms with Gasteiger partial charge < -0.3 is 5.32 Å². The van der Waals surface area contributed by atoms with Crippen molar-refractivity contribution < 1.29 is 4.79 Å². The molecule has 22 heavy (non-hydrogen) atoms. The van der Waals surface area contributed by atoms with Crippen LogP contribution < -0.4 is 5.32 Å². The SMILES string of the molecule is O=C(Nc1cnc(-c2ccccc2)nc1)c1ccc(Cl)cc1. The molecule has 0 fully saturated rings. The Morgan fingerprint density at radius 1 is 0.909 bits per heavy atom. The van der Waals surface area contributed by atoms with E-state index in [4.69, 9.17) is 11.6 Å². The number of nitrogens with zero attached hydrogens (tertiary/aromatic N) is 2. The monoisotopic (exact) mass is 309 g/mol.